The Kier molecular flexibility index (Phi) is 4.43. The van der Waals surface area contributed by atoms with E-state index in [9.17, 15) is 0 Å². The lowest BCUT2D eigenvalue weighted by molar-refractivity contribution is 0.914. The first-order valence-corrected chi connectivity index (χ1v) is 6.40. The molecule has 0 aromatic heterocycles. The molecule has 0 aliphatic heterocycles. The first-order valence-electron chi connectivity index (χ1n) is 4.10. The number of rotatable bonds is 3. The molecule has 0 atom stereocenters. The van der Waals surface area contributed by atoms with E-state index in [0.29, 0.717) is 0 Å². The number of aryl methyl sites for hydroxylation is 1. The fourth-order valence-electron chi connectivity index (χ4n) is 1.13. The van der Waals surface area contributed by atoms with Crippen molar-refractivity contribution in [1.29, 1.82) is 0 Å². The predicted molar refractivity (Wildman–Crippen MR) is 64.9 cm³/mol. The summed E-state index contributed by atoms with van der Waals surface area (Å²) in [5.74, 6) is 0. The summed E-state index contributed by atoms with van der Waals surface area (Å²) in [5.41, 5.74) is 1.48. The summed E-state index contributed by atoms with van der Waals surface area (Å²) >= 11 is 4.22. The highest BCUT2D eigenvalue weighted by molar-refractivity contribution is 14.1. The van der Waals surface area contributed by atoms with Crippen LogP contribution in [0.1, 0.15) is 18.9 Å². The van der Waals surface area contributed by atoms with E-state index in [1.807, 2.05) is 0 Å². The smallest absolute Gasteiger partial charge is 0.0173 e. The van der Waals surface area contributed by atoms with E-state index < -0.39 is 0 Å². The van der Waals surface area contributed by atoms with Gasteiger partial charge in [0, 0.05) is 8.47 Å². The van der Waals surface area contributed by atoms with Crippen LogP contribution >= 0.6 is 34.4 Å². The van der Waals surface area contributed by atoms with Crippen LogP contribution in [0, 0.1) is 3.57 Å². The van der Waals surface area contributed by atoms with E-state index in [-0.39, 0.29) is 0 Å². The average molecular weight is 292 g/mol. The number of benzene rings is 1. The summed E-state index contributed by atoms with van der Waals surface area (Å²) in [6.45, 7) is 2.22. The molecule has 12 heavy (non-hydrogen) atoms. The average Bonchev–Trinajstić information content (AvgIpc) is 2.09. The zero-order valence-electron chi connectivity index (χ0n) is 7.43. The molecular formula is C10H13IS. The third kappa shape index (κ3) is 2.66. The van der Waals surface area contributed by atoms with Crippen LogP contribution in [0.4, 0.5) is 0 Å². The summed E-state index contributed by atoms with van der Waals surface area (Å²) in [4.78, 5) is 1.36. The lowest BCUT2D eigenvalue weighted by Gasteiger charge is -2.04. The fraction of sp³-hybridized carbons (Fsp3) is 0.400. The summed E-state index contributed by atoms with van der Waals surface area (Å²) in [6, 6.07) is 6.71. The van der Waals surface area contributed by atoms with Gasteiger partial charge in [0.05, 0.1) is 0 Å². The van der Waals surface area contributed by atoms with Gasteiger partial charge in [-0.3, -0.25) is 0 Å². The lowest BCUT2D eigenvalue weighted by atomic mass is 10.1. The van der Waals surface area contributed by atoms with Crippen LogP contribution in [0.25, 0.3) is 0 Å². The summed E-state index contributed by atoms with van der Waals surface area (Å²) in [7, 11) is 0. The van der Waals surface area contributed by atoms with Gasteiger partial charge in [-0.05, 0) is 53.0 Å². The summed E-state index contributed by atoms with van der Waals surface area (Å²) in [6.07, 6.45) is 4.55. The van der Waals surface area contributed by atoms with Crippen LogP contribution < -0.4 is 0 Å². The van der Waals surface area contributed by atoms with Gasteiger partial charge in [-0.2, -0.15) is 0 Å². The van der Waals surface area contributed by atoms with Gasteiger partial charge in [-0.15, -0.1) is 11.8 Å². The van der Waals surface area contributed by atoms with Gasteiger partial charge >= 0.3 is 0 Å². The molecule has 0 nitrogen and oxygen atoms in total. The largest absolute Gasteiger partial charge is 0.130 e. The van der Waals surface area contributed by atoms with E-state index in [1.54, 1.807) is 11.8 Å². The molecule has 66 valence electrons. The van der Waals surface area contributed by atoms with Crippen molar-refractivity contribution in [3.8, 4) is 0 Å². The van der Waals surface area contributed by atoms with Crippen molar-refractivity contribution in [2.45, 2.75) is 24.7 Å². The molecule has 0 bridgehead atoms. The van der Waals surface area contributed by atoms with Crippen LogP contribution in [0.5, 0.6) is 0 Å². The summed E-state index contributed by atoms with van der Waals surface area (Å²) in [5, 5.41) is 0. The first-order chi connectivity index (χ1) is 5.77. The van der Waals surface area contributed by atoms with Crippen molar-refractivity contribution in [1.82, 2.24) is 0 Å². The molecular weight excluding hydrogens is 279 g/mol. The van der Waals surface area contributed by atoms with Crippen molar-refractivity contribution in [3.63, 3.8) is 0 Å². The molecule has 0 radical (unpaired) electrons. The Morgan fingerprint density at radius 1 is 1.42 bits per heavy atom. The van der Waals surface area contributed by atoms with Crippen LogP contribution in [-0.4, -0.2) is 6.26 Å². The van der Waals surface area contributed by atoms with E-state index >= 15 is 0 Å². The van der Waals surface area contributed by atoms with Crippen molar-refractivity contribution >= 4 is 34.4 Å². The zero-order chi connectivity index (χ0) is 8.97. The van der Waals surface area contributed by atoms with E-state index in [0.717, 1.165) is 0 Å². The van der Waals surface area contributed by atoms with Gasteiger partial charge in [0.1, 0.15) is 0 Å². The Morgan fingerprint density at radius 3 is 2.67 bits per heavy atom. The van der Waals surface area contributed by atoms with Gasteiger partial charge in [-0.25, -0.2) is 0 Å². The maximum absolute atomic E-state index is 2.42. The Bertz CT molecular complexity index is 258. The van der Waals surface area contributed by atoms with Crippen molar-refractivity contribution in [2.24, 2.45) is 0 Å². The Balaban J connectivity index is 2.87. The van der Waals surface area contributed by atoms with Gasteiger partial charge in [0.25, 0.3) is 0 Å². The van der Waals surface area contributed by atoms with Crippen molar-refractivity contribution < 1.29 is 0 Å². The van der Waals surface area contributed by atoms with Gasteiger partial charge < -0.3 is 0 Å². The molecule has 1 rings (SSSR count). The number of halogens is 1. The highest BCUT2D eigenvalue weighted by Crippen LogP contribution is 2.21. The second kappa shape index (κ2) is 5.12. The molecule has 0 N–H and O–H groups in total. The van der Waals surface area contributed by atoms with E-state index in [1.165, 1.54) is 26.9 Å². The topological polar surface area (TPSA) is 0 Å². The standard InChI is InChI=1S/C10H13IS/c1-3-4-8-5-6-9(12-2)7-10(8)11/h5-7H,3-4H2,1-2H3. The number of hydrogen-bond acceptors (Lipinski definition) is 1. The normalized spacial score (nSPS) is 10.2. The summed E-state index contributed by atoms with van der Waals surface area (Å²) < 4.78 is 1.40. The monoisotopic (exact) mass is 292 g/mol. The molecule has 1 aromatic carbocycles. The molecule has 0 heterocycles. The van der Waals surface area contributed by atoms with Crippen molar-refractivity contribution in [3.05, 3.63) is 27.3 Å². The first kappa shape index (κ1) is 10.4. The quantitative estimate of drug-likeness (QED) is 0.600. The zero-order valence-corrected chi connectivity index (χ0v) is 10.4. The molecule has 0 spiro atoms. The minimum Gasteiger partial charge on any atom is -0.130 e. The molecule has 1 aromatic rings. The minimum atomic E-state index is 1.20. The number of hydrogen-bond donors (Lipinski definition) is 0. The molecule has 0 unspecified atom stereocenters. The number of thioether (sulfide) groups is 1. The van der Waals surface area contributed by atoms with Crippen LogP contribution in [0.3, 0.4) is 0 Å². The van der Waals surface area contributed by atoms with Gasteiger partial charge in [0.2, 0.25) is 0 Å². The SMILES string of the molecule is CCCc1ccc(SC)cc1I. The molecule has 0 fully saturated rings. The highest BCUT2D eigenvalue weighted by Gasteiger charge is 1.99. The molecule has 0 saturated heterocycles. The third-order valence-corrected chi connectivity index (χ3v) is 3.51. The molecule has 0 aliphatic rings. The van der Waals surface area contributed by atoms with Crippen LogP contribution in [-0.2, 0) is 6.42 Å². The van der Waals surface area contributed by atoms with E-state index in [4.69, 9.17) is 0 Å². The van der Waals surface area contributed by atoms with Gasteiger partial charge in [0.15, 0.2) is 0 Å². The van der Waals surface area contributed by atoms with E-state index in [2.05, 4.69) is 54.0 Å². The third-order valence-electron chi connectivity index (χ3n) is 1.78. The fourth-order valence-corrected chi connectivity index (χ4v) is 2.56. The van der Waals surface area contributed by atoms with Crippen LogP contribution in [0.2, 0.25) is 0 Å². The van der Waals surface area contributed by atoms with Gasteiger partial charge in [-0.1, -0.05) is 19.4 Å². The molecule has 0 saturated carbocycles. The lowest BCUT2D eigenvalue weighted by Crippen LogP contribution is -1.87. The Hall–Kier alpha value is 0.300. The molecule has 0 aliphatic carbocycles. The maximum atomic E-state index is 2.42. The van der Waals surface area contributed by atoms with Crippen molar-refractivity contribution in [2.75, 3.05) is 6.26 Å². The predicted octanol–water partition coefficient (Wildman–Crippen LogP) is 3.97. The Morgan fingerprint density at radius 2 is 2.17 bits per heavy atom. The Labute approximate surface area is 92.3 Å². The second-order valence-electron chi connectivity index (χ2n) is 2.71. The maximum Gasteiger partial charge on any atom is 0.0173 e. The van der Waals surface area contributed by atoms with Crippen LogP contribution in [0.15, 0.2) is 23.1 Å². The molecule has 0 amide bonds. The minimum absolute atomic E-state index is 1.20. The highest BCUT2D eigenvalue weighted by atomic mass is 127. The molecule has 2 heteroatoms. The second-order valence-corrected chi connectivity index (χ2v) is 4.75.